The van der Waals surface area contributed by atoms with Crippen molar-refractivity contribution >= 4 is 52.4 Å². The highest BCUT2D eigenvalue weighted by Crippen LogP contribution is 2.25. The summed E-state index contributed by atoms with van der Waals surface area (Å²) in [5.74, 6) is -0.610. The van der Waals surface area contributed by atoms with Gasteiger partial charge in [0.15, 0.2) is 5.11 Å². The molecule has 1 aromatic carbocycles. The van der Waals surface area contributed by atoms with Gasteiger partial charge >= 0.3 is 5.69 Å². The van der Waals surface area contributed by atoms with Crippen molar-refractivity contribution in [1.82, 2.24) is 9.97 Å². The Morgan fingerprint density at radius 3 is 2.73 bits per heavy atom. The molecule has 7 nitrogen and oxygen atoms in total. The fraction of sp³-hybridized carbons (Fsp3) is 0. The topological polar surface area (TPSA) is 110 Å². The lowest BCUT2D eigenvalue weighted by Crippen LogP contribution is -2.25. The zero-order chi connectivity index (χ0) is 16.3. The number of nitrogens with one attached hydrogen (secondary N) is 3. The zero-order valence-corrected chi connectivity index (χ0v) is 13.0. The molecule has 0 atom stereocenters. The normalized spacial score (nSPS) is 10.8. The number of rotatable bonds is 2. The summed E-state index contributed by atoms with van der Waals surface area (Å²) in [4.78, 5) is 30.2. The van der Waals surface area contributed by atoms with Gasteiger partial charge in [-0.2, -0.15) is 0 Å². The fourth-order valence-electron chi connectivity index (χ4n) is 1.47. The summed E-state index contributed by atoms with van der Waals surface area (Å²) in [5.41, 5.74) is -1.42. The van der Waals surface area contributed by atoms with Crippen LogP contribution in [0.25, 0.3) is 0 Å². The number of H-pyrrole nitrogens is 2. The lowest BCUT2D eigenvalue weighted by Gasteiger charge is -2.06. The third-order valence-electron chi connectivity index (χ3n) is 2.44. The van der Waals surface area contributed by atoms with Crippen LogP contribution in [-0.4, -0.2) is 26.4 Å². The summed E-state index contributed by atoms with van der Waals surface area (Å²) in [7, 11) is 0. The third-order valence-corrected chi connectivity index (χ3v) is 3.21. The quantitative estimate of drug-likeness (QED) is 0.484. The van der Waals surface area contributed by atoms with Gasteiger partial charge in [0.25, 0.3) is 5.56 Å². The standard InChI is InChI=1S/C12H8Cl2N4O3S/c13-5-1-2-7(14)8(3-5)16-12(22)15-4-6-9(19)17-11(21)18-10(6)20/h1-4H,(H,16,22)(H3,17,18,19,20,21). The number of halogens is 2. The van der Waals surface area contributed by atoms with Crippen molar-refractivity contribution in [3.8, 4) is 5.88 Å². The van der Waals surface area contributed by atoms with Crippen molar-refractivity contribution in [1.29, 1.82) is 0 Å². The van der Waals surface area contributed by atoms with Gasteiger partial charge in [0.05, 0.1) is 10.7 Å². The predicted molar refractivity (Wildman–Crippen MR) is 89.6 cm³/mol. The first-order valence-electron chi connectivity index (χ1n) is 5.72. The number of aromatic hydroxyl groups is 1. The molecule has 0 fully saturated rings. The number of aliphatic imine (C=N–C) groups is 1. The second-order valence-corrected chi connectivity index (χ2v) is 5.21. The third kappa shape index (κ3) is 3.94. The predicted octanol–water partition coefficient (Wildman–Crippen LogP) is 1.89. The van der Waals surface area contributed by atoms with E-state index in [0.29, 0.717) is 15.7 Å². The van der Waals surface area contributed by atoms with Crippen molar-refractivity contribution in [3.63, 3.8) is 0 Å². The van der Waals surface area contributed by atoms with Crippen LogP contribution in [-0.2, 0) is 0 Å². The van der Waals surface area contributed by atoms with Gasteiger partial charge in [-0.15, -0.1) is 0 Å². The second-order valence-electron chi connectivity index (χ2n) is 3.98. The Bertz CT molecular complexity index is 875. The van der Waals surface area contributed by atoms with E-state index in [9.17, 15) is 14.7 Å². The first-order chi connectivity index (χ1) is 10.4. The van der Waals surface area contributed by atoms with Crippen molar-refractivity contribution < 1.29 is 5.11 Å². The van der Waals surface area contributed by atoms with Crippen molar-refractivity contribution in [2.75, 3.05) is 5.32 Å². The summed E-state index contributed by atoms with van der Waals surface area (Å²) in [6.45, 7) is 0. The average molecular weight is 359 g/mol. The summed E-state index contributed by atoms with van der Waals surface area (Å²) < 4.78 is 0. The minimum atomic E-state index is -0.828. The van der Waals surface area contributed by atoms with E-state index in [1.165, 1.54) is 0 Å². The second kappa shape index (κ2) is 6.73. The molecule has 0 radical (unpaired) electrons. The molecule has 0 aliphatic carbocycles. The molecule has 0 saturated carbocycles. The van der Waals surface area contributed by atoms with Gasteiger partial charge in [-0.1, -0.05) is 23.2 Å². The highest BCUT2D eigenvalue weighted by Gasteiger charge is 2.07. The summed E-state index contributed by atoms with van der Waals surface area (Å²) >= 11 is 16.8. The Kier molecular flexibility index (Phi) is 4.96. The van der Waals surface area contributed by atoms with E-state index in [4.69, 9.17) is 35.4 Å². The Morgan fingerprint density at radius 2 is 2.05 bits per heavy atom. The van der Waals surface area contributed by atoms with Crippen LogP contribution in [0.15, 0.2) is 32.8 Å². The van der Waals surface area contributed by atoms with E-state index in [1.807, 2.05) is 9.97 Å². The van der Waals surface area contributed by atoms with Gasteiger partial charge in [-0.3, -0.25) is 14.8 Å². The number of thiocarbonyl (C=S) groups is 1. The molecule has 10 heteroatoms. The first kappa shape index (κ1) is 16.2. The molecular formula is C12H8Cl2N4O3S. The molecule has 0 aliphatic heterocycles. The van der Waals surface area contributed by atoms with E-state index in [0.717, 1.165) is 6.21 Å². The largest absolute Gasteiger partial charge is 0.494 e. The Labute approximate surface area is 138 Å². The molecular weight excluding hydrogens is 351 g/mol. The van der Waals surface area contributed by atoms with E-state index in [-0.39, 0.29) is 10.7 Å². The number of nitrogens with zero attached hydrogens (tertiary/aromatic N) is 1. The van der Waals surface area contributed by atoms with Crippen molar-refractivity contribution in [2.45, 2.75) is 0 Å². The lowest BCUT2D eigenvalue weighted by molar-refractivity contribution is 0.447. The first-order valence-corrected chi connectivity index (χ1v) is 6.89. The molecule has 0 amide bonds. The lowest BCUT2D eigenvalue weighted by atomic mass is 10.3. The van der Waals surface area contributed by atoms with Crippen LogP contribution in [0, 0.1) is 0 Å². The Morgan fingerprint density at radius 1 is 1.32 bits per heavy atom. The smallest absolute Gasteiger partial charge is 0.328 e. The molecule has 0 spiro atoms. The molecule has 0 bridgehead atoms. The van der Waals surface area contributed by atoms with E-state index < -0.39 is 17.1 Å². The summed E-state index contributed by atoms with van der Waals surface area (Å²) in [5, 5.41) is 13.0. The molecule has 1 aromatic heterocycles. The van der Waals surface area contributed by atoms with E-state index >= 15 is 0 Å². The number of hydrogen-bond donors (Lipinski definition) is 4. The summed E-state index contributed by atoms with van der Waals surface area (Å²) in [6, 6.07) is 4.74. The van der Waals surface area contributed by atoms with Crippen LogP contribution in [0.4, 0.5) is 5.69 Å². The van der Waals surface area contributed by atoms with Gasteiger partial charge in [-0.05, 0) is 30.4 Å². The average Bonchev–Trinajstić information content (AvgIpc) is 2.41. The molecule has 1 heterocycles. The summed E-state index contributed by atoms with van der Waals surface area (Å²) in [6.07, 6.45) is 1.01. The molecule has 0 unspecified atom stereocenters. The molecule has 0 saturated heterocycles. The minimum absolute atomic E-state index is 0.0193. The molecule has 2 aromatic rings. The maximum Gasteiger partial charge on any atom is 0.328 e. The number of benzene rings is 1. The maximum absolute atomic E-state index is 11.5. The van der Waals surface area contributed by atoms with Crippen LogP contribution in [0.2, 0.25) is 10.0 Å². The van der Waals surface area contributed by atoms with E-state index in [1.54, 1.807) is 18.2 Å². The van der Waals surface area contributed by atoms with Gasteiger partial charge in [0.2, 0.25) is 5.88 Å². The van der Waals surface area contributed by atoms with E-state index in [2.05, 4.69) is 10.3 Å². The van der Waals surface area contributed by atoms with Gasteiger partial charge in [-0.25, -0.2) is 9.79 Å². The van der Waals surface area contributed by atoms with Crippen LogP contribution in [0.3, 0.4) is 0 Å². The maximum atomic E-state index is 11.5. The molecule has 0 aliphatic rings. The van der Waals surface area contributed by atoms with Gasteiger partial charge < -0.3 is 10.4 Å². The molecule has 2 rings (SSSR count). The minimum Gasteiger partial charge on any atom is -0.494 e. The highest BCUT2D eigenvalue weighted by atomic mass is 35.5. The number of aromatic amines is 2. The molecule has 114 valence electrons. The highest BCUT2D eigenvalue weighted by molar-refractivity contribution is 7.80. The van der Waals surface area contributed by atoms with Crippen molar-refractivity contribution in [2.24, 2.45) is 4.99 Å². The SMILES string of the molecule is O=c1[nH]c(O)c(C=NC(=S)Nc2cc(Cl)ccc2Cl)c(=O)[nH]1. The molecule has 22 heavy (non-hydrogen) atoms. The number of aromatic nitrogens is 2. The van der Waals surface area contributed by atoms with Crippen LogP contribution in [0.5, 0.6) is 5.88 Å². The number of anilines is 1. The monoisotopic (exact) mass is 358 g/mol. The van der Waals surface area contributed by atoms with Crippen LogP contribution >= 0.6 is 35.4 Å². The number of hydrogen-bond acceptors (Lipinski definition) is 4. The van der Waals surface area contributed by atoms with Crippen LogP contribution < -0.4 is 16.6 Å². The van der Waals surface area contributed by atoms with Gasteiger partial charge in [0, 0.05) is 11.2 Å². The zero-order valence-electron chi connectivity index (χ0n) is 10.7. The Hall–Kier alpha value is -2.16. The van der Waals surface area contributed by atoms with Crippen molar-refractivity contribution in [3.05, 3.63) is 54.6 Å². The van der Waals surface area contributed by atoms with Crippen LogP contribution in [0.1, 0.15) is 5.56 Å². The fourth-order valence-corrected chi connectivity index (χ4v) is 1.97. The Balaban J connectivity index is 2.21. The van der Waals surface area contributed by atoms with Gasteiger partial charge in [0.1, 0.15) is 5.56 Å². The molecule has 4 N–H and O–H groups in total.